The van der Waals surface area contributed by atoms with E-state index >= 15 is 0 Å². The zero-order valence-electron chi connectivity index (χ0n) is 11.1. The minimum atomic E-state index is -3.37. The molecule has 1 heterocycles. The van der Waals surface area contributed by atoms with E-state index in [9.17, 15) is 13.2 Å². The quantitative estimate of drug-likeness (QED) is 0.770. The molecule has 3 N–H and O–H groups in total. The third-order valence-electron chi connectivity index (χ3n) is 3.38. The third kappa shape index (κ3) is 3.81. The lowest BCUT2D eigenvalue weighted by Gasteiger charge is -2.22. The van der Waals surface area contributed by atoms with Gasteiger partial charge in [-0.3, -0.25) is 4.79 Å². The summed E-state index contributed by atoms with van der Waals surface area (Å²) in [7, 11) is -3.37. The van der Waals surface area contributed by atoms with Crippen molar-refractivity contribution in [1.82, 2.24) is 0 Å². The topological polar surface area (TPSA) is 89.3 Å². The molecule has 0 aromatic heterocycles. The van der Waals surface area contributed by atoms with Crippen molar-refractivity contribution in [2.45, 2.75) is 24.5 Å². The lowest BCUT2D eigenvalue weighted by molar-refractivity contribution is -0.116. The van der Waals surface area contributed by atoms with Gasteiger partial charge in [-0.25, -0.2) is 8.42 Å². The van der Waals surface area contributed by atoms with E-state index in [0.717, 1.165) is 10.9 Å². The van der Waals surface area contributed by atoms with Gasteiger partial charge in [0, 0.05) is 10.0 Å². The molecule has 1 fully saturated rings. The summed E-state index contributed by atoms with van der Waals surface area (Å²) < 4.78 is 24.7. The number of amides is 1. The Labute approximate surface area is 137 Å². The van der Waals surface area contributed by atoms with Crippen molar-refractivity contribution in [2.75, 3.05) is 11.1 Å². The van der Waals surface area contributed by atoms with Gasteiger partial charge >= 0.3 is 0 Å². The van der Waals surface area contributed by atoms with E-state index in [1.54, 1.807) is 18.2 Å². The van der Waals surface area contributed by atoms with E-state index in [2.05, 4.69) is 21.2 Å². The average molecular weight is 391 g/mol. The first-order valence-corrected chi connectivity index (χ1v) is 9.35. The highest BCUT2D eigenvalue weighted by molar-refractivity contribution is 9.10. The fraction of sp³-hybridized carbons (Fsp3) is 0.385. The monoisotopic (exact) mass is 390 g/mol. The normalized spacial score (nSPS) is 20.7. The number of carbonyl (C=O) groups excluding carboxylic acids is 1. The molecule has 5 nitrogen and oxygen atoms in total. The molecule has 1 aliphatic rings. The Balaban J connectivity index is 2.26. The molecule has 21 heavy (non-hydrogen) atoms. The first kappa shape index (κ1) is 16.4. The maximum atomic E-state index is 12.3. The summed E-state index contributed by atoms with van der Waals surface area (Å²) in [6.45, 7) is 0. The first-order valence-electron chi connectivity index (χ1n) is 6.43. The molecule has 8 heteroatoms. The van der Waals surface area contributed by atoms with Gasteiger partial charge in [0.15, 0.2) is 9.84 Å². The lowest BCUT2D eigenvalue weighted by Crippen LogP contribution is -2.39. The van der Waals surface area contributed by atoms with Crippen LogP contribution in [0.5, 0.6) is 0 Å². The van der Waals surface area contributed by atoms with Crippen molar-refractivity contribution in [3.8, 4) is 0 Å². The molecule has 0 saturated carbocycles. The molecule has 1 aliphatic heterocycles. The number of nitrogens with two attached hydrogens (primary N) is 1. The average Bonchev–Trinajstić information content (AvgIpc) is 2.39. The summed E-state index contributed by atoms with van der Waals surface area (Å²) in [6, 6.07) is 5.06. The van der Waals surface area contributed by atoms with Crippen molar-refractivity contribution < 1.29 is 13.2 Å². The molecule has 1 aromatic rings. The van der Waals surface area contributed by atoms with Crippen molar-refractivity contribution >= 4 is 54.6 Å². The second kappa shape index (κ2) is 6.41. The zero-order chi connectivity index (χ0) is 15.6. The number of hydrogen-bond donors (Lipinski definition) is 2. The number of benzene rings is 1. The lowest BCUT2D eigenvalue weighted by atomic mass is 10.1. The summed E-state index contributed by atoms with van der Waals surface area (Å²) in [5, 5.41) is 1.65. The van der Waals surface area contributed by atoms with Crippen LogP contribution in [0, 0.1) is 0 Å². The number of halogens is 1. The van der Waals surface area contributed by atoms with Crippen molar-refractivity contribution in [1.29, 1.82) is 0 Å². The maximum Gasteiger partial charge on any atom is 0.242 e. The third-order valence-corrected chi connectivity index (χ3v) is 6.26. The van der Waals surface area contributed by atoms with Gasteiger partial charge in [-0.2, -0.15) is 0 Å². The van der Waals surface area contributed by atoms with E-state index < -0.39 is 21.0 Å². The fourth-order valence-electron chi connectivity index (χ4n) is 2.29. The smallest absolute Gasteiger partial charge is 0.242 e. The van der Waals surface area contributed by atoms with Crippen LogP contribution in [-0.2, 0) is 14.6 Å². The number of carbonyl (C=O) groups is 1. The highest BCUT2D eigenvalue weighted by Gasteiger charge is 2.35. The molecule has 0 aliphatic carbocycles. The molecule has 1 aromatic carbocycles. The minimum absolute atomic E-state index is 0.0631. The summed E-state index contributed by atoms with van der Waals surface area (Å²) >= 11 is 8.25. The number of sulfone groups is 1. The van der Waals surface area contributed by atoms with Gasteiger partial charge in [-0.1, -0.05) is 34.6 Å². The zero-order valence-corrected chi connectivity index (χ0v) is 14.4. The predicted molar refractivity (Wildman–Crippen MR) is 90.1 cm³/mol. The second-order valence-electron chi connectivity index (χ2n) is 4.89. The van der Waals surface area contributed by atoms with Crippen LogP contribution in [0.25, 0.3) is 0 Å². The van der Waals surface area contributed by atoms with Crippen LogP contribution in [-0.4, -0.2) is 30.3 Å². The van der Waals surface area contributed by atoms with Crippen molar-refractivity contribution in [2.24, 2.45) is 5.73 Å². The van der Waals surface area contributed by atoms with Gasteiger partial charge < -0.3 is 11.1 Å². The molecule has 0 radical (unpaired) electrons. The maximum absolute atomic E-state index is 12.3. The Morgan fingerprint density at radius 2 is 2.10 bits per heavy atom. The Morgan fingerprint density at radius 3 is 2.71 bits per heavy atom. The Morgan fingerprint density at radius 1 is 1.38 bits per heavy atom. The molecule has 0 spiro atoms. The summed E-state index contributed by atoms with van der Waals surface area (Å²) in [5.41, 5.74) is 6.56. The van der Waals surface area contributed by atoms with Crippen LogP contribution in [0.1, 0.15) is 24.8 Å². The number of anilines is 1. The minimum Gasteiger partial charge on any atom is -0.389 e. The second-order valence-corrected chi connectivity index (χ2v) is 8.55. The molecule has 1 amide bonds. The van der Waals surface area contributed by atoms with Crippen LogP contribution in [0.2, 0.25) is 0 Å². The SMILES string of the molecule is NC(=S)c1cc(Br)ccc1NC(=O)C1CCCCS1(=O)=O. The van der Waals surface area contributed by atoms with E-state index in [0.29, 0.717) is 24.1 Å². The summed E-state index contributed by atoms with van der Waals surface area (Å²) in [5.74, 6) is -0.456. The van der Waals surface area contributed by atoms with Gasteiger partial charge in [0.05, 0.1) is 11.4 Å². The standard InChI is InChI=1S/C13H15BrN2O3S2/c14-8-4-5-10(9(7-8)12(15)20)16-13(17)11-3-1-2-6-21(11,18)19/h4-5,7,11H,1-3,6H2,(H2,15,20)(H,16,17). The molecular formula is C13H15BrN2O3S2. The van der Waals surface area contributed by atoms with Gasteiger partial charge in [0.2, 0.25) is 5.91 Å². The Kier molecular flexibility index (Phi) is 5.00. The van der Waals surface area contributed by atoms with Gasteiger partial charge in [-0.15, -0.1) is 0 Å². The molecular weight excluding hydrogens is 376 g/mol. The first-order chi connectivity index (χ1) is 9.81. The number of rotatable bonds is 3. The van der Waals surface area contributed by atoms with Crippen LogP contribution in [0.3, 0.4) is 0 Å². The van der Waals surface area contributed by atoms with E-state index in [1.165, 1.54) is 0 Å². The van der Waals surface area contributed by atoms with Crippen LogP contribution >= 0.6 is 28.1 Å². The summed E-state index contributed by atoms with van der Waals surface area (Å²) in [4.78, 5) is 12.4. The fourth-order valence-corrected chi connectivity index (χ4v) is 4.62. The van der Waals surface area contributed by atoms with Gasteiger partial charge in [0.25, 0.3) is 0 Å². The molecule has 1 unspecified atom stereocenters. The Bertz CT molecular complexity index is 689. The molecule has 114 valence electrons. The van der Waals surface area contributed by atoms with Gasteiger partial charge in [0.1, 0.15) is 10.2 Å². The summed E-state index contributed by atoms with van der Waals surface area (Å²) in [6.07, 6.45) is 1.70. The molecule has 0 bridgehead atoms. The van der Waals surface area contributed by atoms with E-state index in [-0.39, 0.29) is 10.7 Å². The van der Waals surface area contributed by atoms with E-state index in [4.69, 9.17) is 18.0 Å². The molecule has 1 saturated heterocycles. The molecule has 2 rings (SSSR count). The van der Waals surface area contributed by atoms with Crippen LogP contribution in [0.15, 0.2) is 22.7 Å². The number of thiocarbonyl (C=S) groups is 1. The molecule has 1 atom stereocenters. The number of nitrogens with one attached hydrogen (secondary N) is 1. The van der Waals surface area contributed by atoms with Crippen molar-refractivity contribution in [3.05, 3.63) is 28.2 Å². The largest absolute Gasteiger partial charge is 0.389 e. The van der Waals surface area contributed by atoms with Crippen molar-refractivity contribution in [3.63, 3.8) is 0 Å². The highest BCUT2D eigenvalue weighted by atomic mass is 79.9. The highest BCUT2D eigenvalue weighted by Crippen LogP contribution is 2.24. The predicted octanol–water partition coefficient (Wildman–Crippen LogP) is 1.99. The van der Waals surface area contributed by atoms with Gasteiger partial charge in [-0.05, 0) is 31.0 Å². The van der Waals surface area contributed by atoms with E-state index in [1.807, 2.05) is 0 Å². The number of hydrogen-bond acceptors (Lipinski definition) is 4. The van der Waals surface area contributed by atoms with Crippen LogP contribution < -0.4 is 11.1 Å². The Hall–Kier alpha value is -0.990. The van der Waals surface area contributed by atoms with Crippen LogP contribution in [0.4, 0.5) is 5.69 Å².